The van der Waals surface area contributed by atoms with Gasteiger partial charge in [0.15, 0.2) is 0 Å². The van der Waals surface area contributed by atoms with Gasteiger partial charge in [0.1, 0.15) is 0 Å². The van der Waals surface area contributed by atoms with Crippen molar-refractivity contribution in [1.29, 1.82) is 0 Å². The largest absolute Gasteiger partial charge is 0.312 e. The molecule has 0 aromatic carbocycles. The lowest BCUT2D eigenvalue weighted by atomic mass is 10.3. The van der Waals surface area contributed by atoms with Crippen LogP contribution >= 0.6 is 49.9 Å². The van der Waals surface area contributed by atoms with E-state index >= 15 is 0 Å². The molecule has 1 rings (SSSR count). The van der Waals surface area contributed by atoms with Crippen LogP contribution in [0.1, 0.15) is 17.7 Å². The van der Waals surface area contributed by atoms with Crippen molar-refractivity contribution in [3.05, 3.63) is 20.8 Å². The van der Waals surface area contributed by atoms with E-state index in [4.69, 9.17) is 0 Å². The van der Waals surface area contributed by atoms with Crippen LogP contribution in [0.5, 0.6) is 0 Å². The Hall–Kier alpha value is 0.870. The number of nitrogens with one attached hydrogen (secondary N) is 1. The Morgan fingerprint density at radius 3 is 2.92 bits per heavy atom. The standard InChI is InChI=1S/C9H13BrINS/c10-8-3-6-13-9(8)7-12-5-2-1-4-11/h3,6,12H,1-2,4-5,7H2. The zero-order chi connectivity index (χ0) is 9.52. The van der Waals surface area contributed by atoms with Gasteiger partial charge in [0, 0.05) is 15.9 Å². The van der Waals surface area contributed by atoms with Crippen LogP contribution in [0.3, 0.4) is 0 Å². The van der Waals surface area contributed by atoms with Crippen LogP contribution in [0.25, 0.3) is 0 Å². The van der Waals surface area contributed by atoms with Gasteiger partial charge in [-0.25, -0.2) is 0 Å². The topological polar surface area (TPSA) is 12.0 Å². The van der Waals surface area contributed by atoms with Crippen molar-refractivity contribution in [3.8, 4) is 0 Å². The number of rotatable bonds is 6. The van der Waals surface area contributed by atoms with Gasteiger partial charge in [-0.2, -0.15) is 0 Å². The predicted octanol–water partition coefficient (Wildman–Crippen LogP) is 3.82. The third-order valence-corrected chi connectivity index (χ3v) is 4.40. The molecule has 0 saturated heterocycles. The van der Waals surface area contributed by atoms with Gasteiger partial charge in [-0.15, -0.1) is 11.3 Å². The average Bonchev–Trinajstić information content (AvgIpc) is 2.52. The number of hydrogen-bond donors (Lipinski definition) is 1. The van der Waals surface area contributed by atoms with Crippen LogP contribution in [-0.4, -0.2) is 11.0 Å². The van der Waals surface area contributed by atoms with Crippen molar-refractivity contribution in [1.82, 2.24) is 5.32 Å². The second kappa shape index (κ2) is 7.20. The number of hydrogen-bond acceptors (Lipinski definition) is 2. The Balaban J connectivity index is 2.10. The Labute approximate surface area is 106 Å². The maximum Gasteiger partial charge on any atom is 0.0327 e. The second-order valence-corrected chi connectivity index (χ2v) is 5.70. The van der Waals surface area contributed by atoms with Gasteiger partial charge in [-0.3, -0.25) is 0 Å². The maximum atomic E-state index is 3.52. The van der Waals surface area contributed by atoms with Crippen LogP contribution in [0.15, 0.2) is 15.9 Å². The minimum Gasteiger partial charge on any atom is -0.312 e. The van der Waals surface area contributed by atoms with E-state index in [9.17, 15) is 0 Å². The lowest BCUT2D eigenvalue weighted by molar-refractivity contribution is 0.649. The third-order valence-electron chi connectivity index (χ3n) is 1.71. The monoisotopic (exact) mass is 373 g/mol. The first-order chi connectivity index (χ1) is 6.34. The summed E-state index contributed by atoms with van der Waals surface area (Å²) >= 11 is 7.74. The molecule has 0 aliphatic heterocycles. The van der Waals surface area contributed by atoms with E-state index in [0.29, 0.717) is 0 Å². The van der Waals surface area contributed by atoms with Gasteiger partial charge >= 0.3 is 0 Å². The molecule has 1 aromatic heterocycles. The molecular formula is C9H13BrINS. The van der Waals surface area contributed by atoms with Gasteiger partial charge in [0.05, 0.1) is 0 Å². The highest BCUT2D eigenvalue weighted by Gasteiger charge is 1.99. The molecule has 1 nitrogen and oxygen atoms in total. The van der Waals surface area contributed by atoms with Crippen molar-refractivity contribution in [2.45, 2.75) is 19.4 Å². The van der Waals surface area contributed by atoms with Crippen molar-refractivity contribution < 1.29 is 0 Å². The van der Waals surface area contributed by atoms with Gasteiger partial charge in [-0.1, -0.05) is 22.6 Å². The zero-order valence-corrected chi connectivity index (χ0v) is 11.9. The second-order valence-electron chi connectivity index (χ2n) is 2.76. The van der Waals surface area contributed by atoms with E-state index in [2.05, 4.69) is 55.3 Å². The Bertz CT molecular complexity index is 239. The smallest absolute Gasteiger partial charge is 0.0327 e. The molecule has 13 heavy (non-hydrogen) atoms. The summed E-state index contributed by atoms with van der Waals surface area (Å²) < 4.78 is 2.50. The summed E-state index contributed by atoms with van der Waals surface area (Å²) in [5.74, 6) is 0. The number of unbranched alkanes of at least 4 members (excludes halogenated alkanes) is 1. The highest BCUT2D eigenvalue weighted by atomic mass is 127. The molecule has 0 radical (unpaired) electrons. The summed E-state index contributed by atoms with van der Waals surface area (Å²) in [6.07, 6.45) is 2.60. The van der Waals surface area contributed by atoms with E-state index in [1.165, 1.54) is 26.6 Å². The third kappa shape index (κ3) is 4.76. The molecule has 0 amide bonds. The number of thiophene rings is 1. The SMILES string of the molecule is Brc1ccsc1CNCCCCI. The van der Waals surface area contributed by atoms with Crippen molar-refractivity contribution in [2.75, 3.05) is 11.0 Å². The van der Waals surface area contributed by atoms with Crippen molar-refractivity contribution >= 4 is 49.9 Å². The first-order valence-electron chi connectivity index (χ1n) is 4.33. The van der Waals surface area contributed by atoms with Crippen LogP contribution < -0.4 is 5.32 Å². The molecule has 0 saturated carbocycles. The van der Waals surface area contributed by atoms with Gasteiger partial charge in [0.2, 0.25) is 0 Å². The van der Waals surface area contributed by atoms with Crippen molar-refractivity contribution in [2.24, 2.45) is 0 Å². The molecule has 0 unspecified atom stereocenters. The van der Waals surface area contributed by atoms with E-state index in [1.54, 1.807) is 11.3 Å². The number of alkyl halides is 1. The highest BCUT2D eigenvalue weighted by molar-refractivity contribution is 14.1. The normalized spacial score (nSPS) is 10.6. The van der Waals surface area contributed by atoms with E-state index in [-0.39, 0.29) is 0 Å². The molecule has 74 valence electrons. The van der Waals surface area contributed by atoms with Crippen LogP contribution in [0.2, 0.25) is 0 Å². The van der Waals surface area contributed by atoms with E-state index in [0.717, 1.165) is 13.1 Å². The lowest BCUT2D eigenvalue weighted by Crippen LogP contribution is -2.14. The average molecular weight is 374 g/mol. The van der Waals surface area contributed by atoms with Crippen LogP contribution in [0, 0.1) is 0 Å². The van der Waals surface area contributed by atoms with Crippen LogP contribution in [-0.2, 0) is 6.54 Å². The number of halogens is 2. The fraction of sp³-hybridized carbons (Fsp3) is 0.556. The molecule has 0 aliphatic rings. The lowest BCUT2D eigenvalue weighted by Gasteiger charge is -2.02. The Morgan fingerprint density at radius 2 is 2.31 bits per heavy atom. The Morgan fingerprint density at radius 1 is 1.46 bits per heavy atom. The first kappa shape index (κ1) is 11.9. The van der Waals surface area contributed by atoms with Gasteiger partial charge < -0.3 is 5.32 Å². The van der Waals surface area contributed by atoms with E-state index in [1.807, 2.05) is 0 Å². The minimum absolute atomic E-state index is 0.999. The molecule has 1 N–H and O–H groups in total. The molecule has 0 fully saturated rings. The quantitative estimate of drug-likeness (QED) is 0.454. The van der Waals surface area contributed by atoms with Crippen LogP contribution in [0.4, 0.5) is 0 Å². The predicted molar refractivity (Wildman–Crippen MR) is 71.8 cm³/mol. The summed E-state index contributed by atoms with van der Waals surface area (Å²) in [6.45, 7) is 2.13. The molecule has 4 heteroatoms. The Kier molecular flexibility index (Phi) is 6.61. The molecular weight excluding hydrogens is 361 g/mol. The molecule has 1 aromatic rings. The van der Waals surface area contributed by atoms with Gasteiger partial charge in [-0.05, 0) is 51.2 Å². The highest BCUT2D eigenvalue weighted by Crippen LogP contribution is 2.21. The summed E-state index contributed by atoms with van der Waals surface area (Å²) in [5, 5.41) is 5.56. The fourth-order valence-corrected chi connectivity index (χ4v) is 3.00. The summed E-state index contributed by atoms with van der Waals surface area (Å²) in [6, 6.07) is 2.10. The molecule has 0 aliphatic carbocycles. The van der Waals surface area contributed by atoms with Gasteiger partial charge in [0.25, 0.3) is 0 Å². The summed E-state index contributed by atoms with van der Waals surface area (Å²) in [4.78, 5) is 1.40. The summed E-state index contributed by atoms with van der Waals surface area (Å²) in [7, 11) is 0. The molecule has 0 spiro atoms. The molecule has 0 bridgehead atoms. The molecule has 0 atom stereocenters. The fourth-order valence-electron chi connectivity index (χ4n) is 0.998. The first-order valence-corrected chi connectivity index (χ1v) is 7.53. The molecule has 1 heterocycles. The zero-order valence-electron chi connectivity index (χ0n) is 7.35. The minimum atomic E-state index is 0.999. The maximum absolute atomic E-state index is 3.52. The summed E-state index contributed by atoms with van der Waals surface area (Å²) in [5.41, 5.74) is 0. The van der Waals surface area contributed by atoms with Crippen molar-refractivity contribution in [3.63, 3.8) is 0 Å². The van der Waals surface area contributed by atoms with E-state index < -0.39 is 0 Å².